The number of nitrogens with zero attached hydrogens (tertiary/aromatic N) is 6. The minimum atomic E-state index is -1.03. The van der Waals surface area contributed by atoms with Gasteiger partial charge in [0, 0.05) is 49.6 Å². The number of hydrogen-bond acceptors (Lipinski definition) is 7. The summed E-state index contributed by atoms with van der Waals surface area (Å²) in [4.78, 5) is 24.9. The van der Waals surface area contributed by atoms with Gasteiger partial charge in [0.1, 0.15) is 12.1 Å². The van der Waals surface area contributed by atoms with Gasteiger partial charge in [-0.3, -0.25) is 0 Å². The van der Waals surface area contributed by atoms with Crippen molar-refractivity contribution in [3.8, 4) is 0 Å². The minimum absolute atomic E-state index is 0.214. The highest BCUT2D eigenvalue weighted by atomic mass is 35.5. The maximum absolute atomic E-state index is 11.2. The predicted molar refractivity (Wildman–Crippen MR) is 131 cm³/mol. The first-order chi connectivity index (χ1) is 16.5. The average molecular weight is 483 g/mol. The van der Waals surface area contributed by atoms with Crippen LogP contribution in [0.5, 0.6) is 0 Å². The van der Waals surface area contributed by atoms with Gasteiger partial charge in [0.2, 0.25) is 0 Å². The van der Waals surface area contributed by atoms with Crippen LogP contribution >= 0.6 is 11.6 Å². The summed E-state index contributed by atoms with van der Waals surface area (Å²) in [6.45, 7) is 5.90. The number of fused-ring (bicyclic) bond motifs is 1. The van der Waals surface area contributed by atoms with Gasteiger partial charge in [-0.05, 0) is 50.0 Å². The van der Waals surface area contributed by atoms with Crippen LogP contribution in [0.4, 0.5) is 11.5 Å². The second kappa shape index (κ2) is 9.60. The van der Waals surface area contributed by atoms with E-state index in [1.165, 1.54) is 11.6 Å². The van der Waals surface area contributed by atoms with E-state index >= 15 is 0 Å². The SMILES string of the molecule is Cc1ccc(Cl)cc1N1CCN(c2ncnc3c2c(/C=C/C(=O)O)nn3C2CCCCO2)CC1. The number of piperazine rings is 1. The quantitative estimate of drug-likeness (QED) is 0.547. The van der Waals surface area contributed by atoms with Gasteiger partial charge >= 0.3 is 5.97 Å². The first kappa shape index (κ1) is 22.6. The Morgan fingerprint density at radius 3 is 2.71 bits per heavy atom. The van der Waals surface area contributed by atoms with Crippen LogP contribution < -0.4 is 9.80 Å². The van der Waals surface area contributed by atoms with E-state index < -0.39 is 5.97 Å². The van der Waals surface area contributed by atoms with E-state index in [9.17, 15) is 9.90 Å². The maximum atomic E-state index is 11.2. The number of halogens is 1. The number of benzene rings is 1. The highest BCUT2D eigenvalue weighted by molar-refractivity contribution is 6.30. The van der Waals surface area contributed by atoms with E-state index in [0.717, 1.165) is 73.4 Å². The van der Waals surface area contributed by atoms with Gasteiger partial charge in [0.25, 0.3) is 0 Å². The lowest BCUT2D eigenvalue weighted by Crippen LogP contribution is -2.47. The first-order valence-electron chi connectivity index (χ1n) is 11.5. The molecule has 4 heterocycles. The molecule has 2 aromatic heterocycles. The number of ether oxygens (including phenoxy) is 1. The Balaban J connectivity index is 1.48. The zero-order chi connectivity index (χ0) is 23.7. The standard InChI is InChI=1S/C24H27ClN6O3/c1-16-5-6-17(25)14-19(16)29-9-11-30(12-10-29)23-22-18(7-8-21(32)33)28-31(24(22)27-15-26-23)20-4-2-3-13-34-20/h5-8,14-15,20H,2-4,9-13H2,1H3,(H,32,33)/b8-7+. The highest BCUT2D eigenvalue weighted by Gasteiger charge is 2.27. The highest BCUT2D eigenvalue weighted by Crippen LogP contribution is 2.33. The van der Waals surface area contributed by atoms with E-state index in [0.29, 0.717) is 17.9 Å². The molecule has 0 aliphatic carbocycles. The van der Waals surface area contributed by atoms with E-state index in [4.69, 9.17) is 21.4 Å². The number of hydrogen-bond donors (Lipinski definition) is 1. The molecule has 0 amide bonds. The summed E-state index contributed by atoms with van der Waals surface area (Å²) in [5, 5.41) is 15.4. The van der Waals surface area contributed by atoms with Gasteiger partial charge < -0.3 is 19.6 Å². The molecule has 2 saturated heterocycles. The third-order valence-corrected chi connectivity index (χ3v) is 6.63. The van der Waals surface area contributed by atoms with Crippen LogP contribution in [0.2, 0.25) is 5.02 Å². The van der Waals surface area contributed by atoms with Crippen molar-refractivity contribution in [1.29, 1.82) is 0 Å². The van der Waals surface area contributed by atoms with Crippen molar-refractivity contribution in [3.63, 3.8) is 0 Å². The van der Waals surface area contributed by atoms with Gasteiger partial charge in [-0.2, -0.15) is 5.10 Å². The third kappa shape index (κ3) is 4.45. The van der Waals surface area contributed by atoms with Crippen molar-refractivity contribution in [3.05, 3.63) is 46.9 Å². The number of carbonyl (C=O) groups is 1. The van der Waals surface area contributed by atoms with E-state index in [-0.39, 0.29) is 6.23 Å². The van der Waals surface area contributed by atoms with Crippen molar-refractivity contribution in [2.24, 2.45) is 0 Å². The van der Waals surface area contributed by atoms with Crippen molar-refractivity contribution in [1.82, 2.24) is 19.7 Å². The Morgan fingerprint density at radius 1 is 1.18 bits per heavy atom. The second-order valence-corrected chi connectivity index (χ2v) is 9.06. The maximum Gasteiger partial charge on any atom is 0.328 e. The number of rotatable bonds is 5. The summed E-state index contributed by atoms with van der Waals surface area (Å²) < 4.78 is 7.73. The normalized spacial score (nSPS) is 19.3. The Bertz CT molecular complexity index is 1230. The van der Waals surface area contributed by atoms with E-state index in [1.54, 1.807) is 11.0 Å². The lowest BCUT2D eigenvalue weighted by Gasteiger charge is -2.37. The van der Waals surface area contributed by atoms with Crippen LogP contribution in [-0.2, 0) is 9.53 Å². The van der Waals surface area contributed by atoms with Crippen LogP contribution in [0.3, 0.4) is 0 Å². The summed E-state index contributed by atoms with van der Waals surface area (Å²) in [7, 11) is 0. The zero-order valence-electron chi connectivity index (χ0n) is 19.0. The average Bonchev–Trinajstić information content (AvgIpc) is 3.24. The van der Waals surface area contributed by atoms with Crippen molar-refractivity contribution in [2.45, 2.75) is 32.4 Å². The molecule has 3 aromatic rings. The molecular weight excluding hydrogens is 456 g/mol. The molecule has 2 aliphatic heterocycles. The lowest BCUT2D eigenvalue weighted by atomic mass is 10.1. The van der Waals surface area contributed by atoms with Gasteiger partial charge in [-0.1, -0.05) is 17.7 Å². The fourth-order valence-electron chi connectivity index (χ4n) is 4.69. The molecule has 178 valence electrons. The van der Waals surface area contributed by atoms with E-state index in [2.05, 4.69) is 26.7 Å². The lowest BCUT2D eigenvalue weighted by molar-refractivity contribution is -0.131. The number of anilines is 2. The molecule has 1 aromatic carbocycles. The van der Waals surface area contributed by atoms with Gasteiger partial charge in [0.05, 0.1) is 11.1 Å². The largest absolute Gasteiger partial charge is 0.478 e. The molecule has 10 heteroatoms. The van der Waals surface area contributed by atoms with Crippen LogP contribution in [0.1, 0.15) is 36.7 Å². The Kier molecular flexibility index (Phi) is 6.38. The molecule has 1 unspecified atom stereocenters. The van der Waals surface area contributed by atoms with Gasteiger partial charge in [-0.25, -0.2) is 19.4 Å². The molecular formula is C24H27ClN6O3. The monoisotopic (exact) mass is 482 g/mol. The Hall–Kier alpha value is -3.17. The number of aromatic nitrogens is 4. The molecule has 1 atom stereocenters. The van der Waals surface area contributed by atoms with E-state index in [1.807, 2.05) is 18.2 Å². The van der Waals surface area contributed by atoms with Crippen LogP contribution in [0.15, 0.2) is 30.6 Å². The number of aliphatic carboxylic acids is 1. The number of carboxylic acid groups (broad SMARTS) is 1. The Morgan fingerprint density at radius 2 is 1.97 bits per heavy atom. The first-order valence-corrected chi connectivity index (χ1v) is 11.9. The molecule has 5 rings (SSSR count). The van der Waals surface area contributed by atoms with Gasteiger partial charge in [0.15, 0.2) is 11.9 Å². The molecule has 0 radical (unpaired) electrons. The molecule has 34 heavy (non-hydrogen) atoms. The molecule has 9 nitrogen and oxygen atoms in total. The summed E-state index contributed by atoms with van der Waals surface area (Å²) in [5.74, 6) is -0.264. The Labute approximate surface area is 202 Å². The molecule has 2 aliphatic rings. The van der Waals surface area contributed by atoms with Crippen LogP contribution in [0.25, 0.3) is 17.1 Å². The number of aryl methyl sites for hydroxylation is 1. The van der Waals surface area contributed by atoms with Gasteiger partial charge in [-0.15, -0.1) is 0 Å². The minimum Gasteiger partial charge on any atom is -0.478 e. The summed E-state index contributed by atoms with van der Waals surface area (Å²) in [6.07, 6.45) is 6.88. The second-order valence-electron chi connectivity index (χ2n) is 8.62. The fraction of sp³-hybridized carbons (Fsp3) is 0.417. The van der Waals surface area contributed by atoms with Crippen molar-refractivity contribution < 1.29 is 14.6 Å². The molecule has 2 fully saturated rings. The summed E-state index contributed by atoms with van der Waals surface area (Å²) >= 11 is 6.24. The molecule has 0 bridgehead atoms. The fourth-order valence-corrected chi connectivity index (χ4v) is 4.86. The summed E-state index contributed by atoms with van der Waals surface area (Å²) in [5.41, 5.74) is 3.54. The van der Waals surface area contributed by atoms with Crippen LogP contribution in [0, 0.1) is 6.92 Å². The van der Waals surface area contributed by atoms with Crippen molar-refractivity contribution >= 4 is 46.2 Å². The smallest absolute Gasteiger partial charge is 0.328 e. The number of carboxylic acids is 1. The van der Waals surface area contributed by atoms with Crippen LogP contribution in [-0.4, -0.2) is 63.6 Å². The molecule has 0 spiro atoms. The molecule has 1 N–H and O–H groups in total. The van der Waals surface area contributed by atoms with Crippen molar-refractivity contribution in [2.75, 3.05) is 42.6 Å². The topological polar surface area (TPSA) is 96.6 Å². The third-order valence-electron chi connectivity index (χ3n) is 6.40. The predicted octanol–water partition coefficient (Wildman–Crippen LogP) is 3.91. The zero-order valence-corrected chi connectivity index (χ0v) is 19.8. The summed E-state index contributed by atoms with van der Waals surface area (Å²) in [6, 6.07) is 5.97. The molecule has 0 saturated carbocycles.